The SMILES string of the molecule is COC(F)(F)[CH]OCCF. The minimum atomic E-state index is -3.42. The van der Waals surface area contributed by atoms with Crippen LogP contribution < -0.4 is 0 Å². The average molecular weight is 157 g/mol. The lowest BCUT2D eigenvalue weighted by molar-refractivity contribution is -0.221. The highest BCUT2D eigenvalue weighted by Crippen LogP contribution is 2.17. The molecule has 5 heteroatoms. The summed E-state index contributed by atoms with van der Waals surface area (Å²) in [4.78, 5) is 0. The van der Waals surface area contributed by atoms with Crippen LogP contribution in [-0.4, -0.2) is 26.5 Å². The summed E-state index contributed by atoms with van der Waals surface area (Å²) in [6.07, 6.45) is -3.42. The Kier molecular flexibility index (Phi) is 4.38. The van der Waals surface area contributed by atoms with E-state index in [-0.39, 0.29) is 13.2 Å². The van der Waals surface area contributed by atoms with Crippen LogP contribution in [0.1, 0.15) is 0 Å². The summed E-state index contributed by atoms with van der Waals surface area (Å²) >= 11 is 0. The van der Waals surface area contributed by atoms with Crippen LogP contribution in [0.2, 0.25) is 0 Å². The van der Waals surface area contributed by atoms with Crippen LogP contribution >= 0.6 is 0 Å². The monoisotopic (exact) mass is 157 g/mol. The Hall–Kier alpha value is -0.290. The molecule has 10 heavy (non-hydrogen) atoms. The molecule has 61 valence electrons. The van der Waals surface area contributed by atoms with Crippen LogP contribution in [0, 0.1) is 6.61 Å². The van der Waals surface area contributed by atoms with Gasteiger partial charge in [0.05, 0.1) is 6.61 Å². The van der Waals surface area contributed by atoms with Crippen LogP contribution in [-0.2, 0) is 9.47 Å². The minimum Gasteiger partial charge on any atom is -0.363 e. The first-order valence-corrected chi connectivity index (χ1v) is 2.57. The molecular formula is C5H8F3O2. The molecule has 0 atom stereocenters. The van der Waals surface area contributed by atoms with E-state index in [2.05, 4.69) is 9.47 Å². The van der Waals surface area contributed by atoms with Crippen LogP contribution in [0.15, 0.2) is 0 Å². The molecule has 0 aliphatic rings. The van der Waals surface area contributed by atoms with Crippen molar-refractivity contribution >= 4 is 0 Å². The Bertz CT molecular complexity index is 87.0. The first-order valence-electron chi connectivity index (χ1n) is 2.57. The molecule has 0 rings (SSSR count). The third kappa shape index (κ3) is 4.58. The first kappa shape index (κ1) is 9.71. The van der Waals surface area contributed by atoms with E-state index < -0.39 is 12.8 Å². The molecular weight excluding hydrogens is 149 g/mol. The maximum atomic E-state index is 12.0. The average Bonchev–Trinajstić information content (AvgIpc) is 1.89. The Morgan fingerprint density at radius 1 is 1.50 bits per heavy atom. The molecule has 0 aliphatic heterocycles. The fraction of sp³-hybridized carbons (Fsp3) is 0.800. The minimum absolute atomic E-state index is 0.159. The molecule has 0 saturated heterocycles. The van der Waals surface area contributed by atoms with Gasteiger partial charge >= 0.3 is 6.11 Å². The molecule has 0 fully saturated rings. The van der Waals surface area contributed by atoms with E-state index in [9.17, 15) is 13.2 Å². The number of methoxy groups -OCH3 is 1. The zero-order valence-corrected chi connectivity index (χ0v) is 5.44. The fourth-order valence-electron chi connectivity index (χ4n) is 0.249. The third-order valence-corrected chi connectivity index (χ3v) is 0.688. The topological polar surface area (TPSA) is 18.5 Å². The van der Waals surface area contributed by atoms with Crippen molar-refractivity contribution in [1.82, 2.24) is 0 Å². The highest BCUT2D eigenvalue weighted by atomic mass is 19.3. The molecule has 0 spiro atoms. The van der Waals surface area contributed by atoms with Crippen molar-refractivity contribution in [3.05, 3.63) is 6.61 Å². The summed E-state index contributed by atoms with van der Waals surface area (Å²) in [6, 6.07) is 0. The molecule has 0 saturated carbocycles. The van der Waals surface area contributed by atoms with Crippen LogP contribution in [0.4, 0.5) is 13.2 Å². The molecule has 0 unspecified atom stereocenters. The van der Waals surface area contributed by atoms with Gasteiger partial charge in [0, 0.05) is 7.11 Å². The lowest BCUT2D eigenvalue weighted by Crippen LogP contribution is -2.21. The van der Waals surface area contributed by atoms with E-state index >= 15 is 0 Å². The van der Waals surface area contributed by atoms with E-state index in [4.69, 9.17) is 0 Å². The Morgan fingerprint density at radius 2 is 2.10 bits per heavy atom. The molecule has 2 nitrogen and oxygen atoms in total. The zero-order chi connectivity index (χ0) is 8.04. The molecule has 0 aromatic heterocycles. The van der Waals surface area contributed by atoms with E-state index in [1.165, 1.54) is 0 Å². The van der Waals surface area contributed by atoms with E-state index in [0.717, 1.165) is 7.11 Å². The van der Waals surface area contributed by atoms with Gasteiger partial charge in [-0.3, -0.25) is 0 Å². The van der Waals surface area contributed by atoms with Crippen LogP contribution in [0.25, 0.3) is 0 Å². The highest BCUT2D eigenvalue weighted by molar-refractivity contribution is 4.62. The second-order valence-corrected chi connectivity index (χ2v) is 1.44. The van der Waals surface area contributed by atoms with Gasteiger partial charge in [-0.2, -0.15) is 8.78 Å². The Balaban J connectivity index is 3.28. The van der Waals surface area contributed by atoms with Crippen molar-refractivity contribution in [3.63, 3.8) is 0 Å². The molecule has 0 aliphatic carbocycles. The van der Waals surface area contributed by atoms with Gasteiger partial charge in [0.1, 0.15) is 6.67 Å². The summed E-state index contributed by atoms with van der Waals surface area (Å²) < 4.78 is 42.9. The Labute approximate surface area is 56.9 Å². The predicted octanol–water partition coefficient (Wildman–Crippen LogP) is 1.37. The number of hydrogen-bond donors (Lipinski definition) is 0. The molecule has 0 aromatic carbocycles. The van der Waals surface area contributed by atoms with Crippen molar-refractivity contribution in [1.29, 1.82) is 0 Å². The van der Waals surface area contributed by atoms with Crippen LogP contribution in [0.5, 0.6) is 0 Å². The van der Waals surface area contributed by atoms with Gasteiger partial charge in [-0.1, -0.05) is 0 Å². The van der Waals surface area contributed by atoms with Gasteiger partial charge in [0.2, 0.25) is 0 Å². The van der Waals surface area contributed by atoms with Crippen molar-refractivity contribution in [3.8, 4) is 0 Å². The standard InChI is InChI=1S/C5H8F3O2/c1-9-5(7,8)4-10-3-2-6/h4H,2-3H2,1H3. The van der Waals surface area contributed by atoms with Gasteiger partial charge in [-0.05, 0) is 0 Å². The van der Waals surface area contributed by atoms with Crippen molar-refractivity contribution in [2.75, 3.05) is 20.4 Å². The Morgan fingerprint density at radius 3 is 2.50 bits per heavy atom. The van der Waals surface area contributed by atoms with Crippen molar-refractivity contribution in [2.45, 2.75) is 6.11 Å². The van der Waals surface area contributed by atoms with Gasteiger partial charge < -0.3 is 9.47 Å². The second-order valence-electron chi connectivity index (χ2n) is 1.44. The number of rotatable bonds is 5. The van der Waals surface area contributed by atoms with Crippen LogP contribution in [0.3, 0.4) is 0 Å². The summed E-state index contributed by atoms with van der Waals surface area (Å²) in [6.45, 7) is -1.01. The maximum absolute atomic E-state index is 12.0. The first-order chi connectivity index (χ1) is 4.62. The van der Waals surface area contributed by atoms with E-state index in [1.807, 2.05) is 0 Å². The number of halogens is 3. The summed E-state index contributed by atoms with van der Waals surface area (Å²) in [5.74, 6) is 0. The summed E-state index contributed by atoms with van der Waals surface area (Å²) in [5, 5.41) is 0. The van der Waals surface area contributed by atoms with Crippen molar-refractivity contribution in [2.24, 2.45) is 0 Å². The fourth-order valence-corrected chi connectivity index (χ4v) is 0.249. The summed E-state index contributed by atoms with van der Waals surface area (Å²) in [5.41, 5.74) is 0. The van der Waals surface area contributed by atoms with E-state index in [1.54, 1.807) is 0 Å². The number of ether oxygens (including phenoxy) is 2. The quantitative estimate of drug-likeness (QED) is 0.561. The smallest absolute Gasteiger partial charge is 0.363 e. The number of alkyl halides is 3. The second kappa shape index (κ2) is 4.51. The zero-order valence-electron chi connectivity index (χ0n) is 5.44. The third-order valence-electron chi connectivity index (χ3n) is 0.688. The predicted molar refractivity (Wildman–Crippen MR) is 28.2 cm³/mol. The van der Waals surface area contributed by atoms with Gasteiger partial charge in [0.15, 0.2) is 6.61 Å². The maximum Gasteiger partial charge on any atom is 0.384 e. The number of hydrogen-bond acceptors (Lipinski definition) is 2. The molecule has 0 bridgehead atoms. The van der Waals surface area contributed by atoms with Gasteiger partial charge in [-0.25, -0.2) is 4.39 Å². The largest absolute Gasteiger partial charge is 0.384 e. The van der Waals surface area contributed by atoms with Gasteiger partial charge in [0.25, 0.3) is 0 Å². The summed E-state index contributed by atoms with van der Waals surface area (Å²) in [7, 11) is 0.829. The lowest BCUT2D eigenvalue weighted by atomic mass is 10.6. The molecule has 0 heterocycles. The molecule has 0 N–H and O–H groups in total. The van der Waals surface area contributed by atoms with Gasteiger partial charge in [-0.15, -0.1) is 0 Å². The molecule has 1 radical (unpaired) electrons. The molecule has 0 aromatic rings. The van der Waals surface area contributed by atoms with E-state index in [0.29, 0.717) is 0 Å². The van der Waals surface area contributed by atoms with Crippen molar-refractivity contribution < 1.29 is 22.6 Å². The lowest BCUT2D eigenvalue weighted by Gasteiger charge is -2.11. The highest BCUT2D eigenvalue weighted by Gasteiger charge is 2.29. The molecule has 0 amide bonds. The normalized spacial score (nSPS) is 12.0.